The molecular formula is C11H8ClNO2S. The van der Waals surface area contributed by atoms with Gasteiger partial charge in [-0.05, 0) is 31.2 Å². The van der Waals surface area contributed by atoms with Crippen LogP contribution >= 0.6 is 22.9 Å². The van der Waals surface area contributed by atoms with Crippen molar-refractivity contribution < 1.29 is 9.53 Å². The number of benzene rings is 1. The summed E-state index contributed by atoms with van der Waals surface area (Å²) in [4.78, 5) is 14.9. The van der Waals surface area contributed by atoms with Crippen LogP contribution in [0.15, 0.2) is 29.6 Å². The van der Waals surface area contributed by atoms with Crippen molar-refractivity contribution in [2.45, 2.75) is 6.92 Å². The summed E-state index contributed by atoms with van der Waals surface area (Å²) in [6.07, 6.45) is 0. The van der Waals surface area contributed by atoms with E-state index in [2.05, 4.69) is 4.98 Å². The van der Waals surface area contributed by atoms with Gasteiger partial charge >= 0.3 is 5.43 Å². The Kier molecular flexibility index (Phi) is 3.22. The van der Waals surface area contributed by atoms with E-state index in [0.29, 0.717) is 5.75 Å². The van der Waals surface area contributed by atoms with Crippen molar-refractivity contribution in [3.8, 4) is 16.3 Å². The molecule has 2 aromatic rings. The van der Waals surface area contributed by atoms with Crippen molar-refractivity contribution in [2.75, 3.05) is 0 Å². The van der Waals surface area contributed by atoms with Crippen molar-refractivity contribution >= 4 is 28.4 Å². The van der Waals surface area contributed by atoms with Crippen LogP contribution in [0.5, 0.6) is 5.75 Å². The summed E-state index contributed by atoms with van der Waals surface area (Å²) in [6.45, 7) is 1.95. The Balaban J connectivity index is 2.22. The standard InChI is InChI=1S/C11H8ClNO2S/c1-7-6-16-10(13-7)8-2-4-9(5-3-8)15-11(12)14/h2-6H,1H3. The lowest BCUT2D eigenvalue weighted by atomic mass is 10.2. The van der Waals surface area contributed by atoms with E-state index in [1.165, 1.54) is 0 Å². The molecule has 16 heavy (non-hydrogen) atoms. The van der Waals surface area contributed by atoms with Crippen LogP contribution in [0.3, 0.4) is 0 Å². The Hall–Kier alpha value is -1.39. The number of hydrogen-bond donors (Lipinski definition) is 0. The molecule has 0 saturated heterocycles. The molecule has 0 aliphatic heterocycles. The number of ether oxygens (including phenoxy) is 1. The first-order valence-corrected chi connectivity index (χ1v) is 5.81. The van der Waals surface area contributed by atoms with Crippen LogP contribution in [0.4, 0.5) is 4.79 Å². The lowest BCUT2D eigenvalue weighted by Crippen LogP contribution is -1.95. The van der Waals surface area contributed by atoms with Gasteiger partial charge in [0.05, 0.1) is 0 Å². The molecule has 5 heteroatoms. The normalized spacial score (nSPS) is 10.1. The minimum Gasteiger partial charge on any atom is -0.415 e. The van der Waals surface area contributed by atoms with Crippen LogP contribution in [0.1, 0.15) is 5.69 Å². The topological polar surface area (TPSA) is 39.2 Å². The predicted octanol–water partition coefficient (Wildman–Crippen LogP) is 3.86. The predicted molar refractivity (Wildman–Crippen MR) is 64.2 cm³/mol. The van der Waals surface area contributed by atoms with Gasteiger partial charge in [0.25, 0.3) is 0 Å². The van der Waals surface area contributed by atoms with E-state index in [1.54, 1.807) is 23.5 Å². The highest BCUT2D eigenvalue weighted by atomic mass is 35.5. The van der Waals surface area contributed by atoms with Gasteiger partial charge in [-0.25, -0.2) is 9.78 Å². The van der Waals surface area contributed by atoms with E-state index in [0.717, 1.165) is 16.3 Å². The van der Waals surface area contributed by atoms with Crippen molar-refractivity contribution in [3.05, 3.63) is 35.3 Å². The third kappa shape index (κ3) is 2.59. The second-order valence-corrected chi connectivity index (χ2v) is 4.32. The summed E-state index contributed by atoms with van der Waals surface area (Å²) in [5, 5.41) is 2.93. The number of aryl methyl sites for hydroxylation is 1. The second-order valence-electron chi connectivity index (χ2n) is 3.16. The van der Waals surface area contributed by atoms with Crippen LogP contribution in [0.2, 0.25) is 0 Å². The number of aromatic nitrogens is 1. The van der Waals surface area contributed by atoms with Crippen LogP contribution in [-0.2, 0) is 0 Å². The molecule has 0 atom stereocenters. The molecule has 0 N–H and O–H groups in total. The lowest BCUT2D eigenvalue weighted by Gasteiger charge is -2.00. The summed E-state index contributed by atoms with van der Waals surface area (Å²) in [7, 11) is 0. The highest BCUT2D eigenvalue weighted by Gasteiger charge is 2.04. The number of hydrogen-bond acceptors (Lipinski definition) is 4. The van der Waals surface area contributed by atoms with Crippen LogP contribution < -0.4 is 4.74 Å². The van der Waals surface area contributed by atoms with Crippen molar-refractivity contribution in [2.24, 2.45) is 0 Å². The molecule has 1 heterocycles. The van der Waals surface area contributed by atoms with Gasteiger partial charge in [-0.1, -0.05) is 0 Å². The minimum atomic E-state index is -0.835. The third-order valence-electron chi connectivity index (χ3n) is 1.92. The molecule has 82 valence electrons. The zero-order chi connectivity index (χ0) is 11.5. The maximum Gasteiger partial charge on any atom is 0.409 e. The number of rotatable bonds is 2. The van der Waals surface area contributed by atoms with Crippen molar-refractivity contribution in [3.63, 3.8) is 0 Å². The molecule has 0 saturated carbocycles. The molecule has 0 spiro atoms. The molecule has 0 radical (unpaired) electrons. The van der Waals surface area contributed by atoms with Gasteiger partial charge in [-0.2, -0.15) is 0 Å². The zero-order valence-electron chi connectivity index (χ0n) is 8.44. The first-order chi connectivity index (χ1) is 7.65. The number of carbonyl (C=O) groups excluding carboxylic acids is 1. The number of nitrogens with zero attached hydrogens (tertiary/aromatic N) is 1. The molecule has 1 aromatic heterocycles. The van der Waals surface area contributed by atoms with Crippen LogP contribution in [-0.4, -0.2) is 10.4 Å². The summed E-state index contributed by atoms with van der Waals surface area (Å²) >= 11 is 6.68. The summed E-state index contributed by atoms with van der Waals surface area (Å²) in [5.74, 6) is 0.428. The Morgan fingerprint density at radius 3 is 2.56 bits per heavy atom. The van der Waals surface area contributed by atoms with Gasteiger partial charge < -0.3 is 4.74 Å². The number of carbonyl (C=O) groups is 1. The van der Waals surface area contributed by atoms with Gasteiger partial charge in [0.2, 0.25) is 0 Å². The Bertz CT molecular complexity index is 507. The molecule has 0 amide bonds. The quantitative estimate of drug-likeness (QED) is 0.763. The molecule has 0 bridgehead atoms. The fourth-order valence-electron chi connectivity index (χ4n) is 1.24. The molecule has 0 aliphatic rings. The van der Waals surface area contributed by atoms with E-state index >= 15 is 0 Å². The summed E-state index contributed by atoms with van der Waals surface area (Å²) < 4.78 is 4.72. The first kappa shape index (κ1) is 11.1. The zero-order valence-corrected chi connectivity index (χ0v) is 10.0. The highest BCUT2D eigenvalue weighted by Crippen LogP contribution is 2.25. The number of halogens is 1. The summed E-state index contributed by atoms with van der Waals surface area (Å²) in [6, 6.07) is 7.06. The van der Waals surface area contributed by atoms with Gasteiger partial charge in [-0.3, -0.25) is 0 Å². The van der Waals surface area contributed by atoms with E-state index < -0.39 is 5.43 Å². The lowest BCUT2D eigenvalue weighted by molar-refractivity contribution is 0.225. The molecule has 0 unspecified atom stereocenters. The molecule has 0 aliphatic carbocycles. The second kappa shape index (κ2) is 4.63. The molecule has 3 nitrogen and oxygen atoms in total. The van der Waals surface area contributed by atoms with E-state index in [9.17, 15) is 4.79 Å². The van der Waals surface area contributed by atoms with Crippen molar-refractivity contribution in [1.82, 2.24) is 4.98 Å². The average molecular weight is 254 g/mol. The third-order valence-corrected chi connectivity index (χ3v) is 3.00. The Labute approximate surface area is 102 Å². The van der Waals surface area contributed by atoms with Crippen LogP contribution in [0, 0.1) is 6.92 Å². The maximum atomic E-state index is 10.5. The highest BCUT2D eigenvalue weighted by molar-refractivity contribution is 7.13. The Morgan fingerprint density at radius 1 is 1.38 bits per heavy atom. The first-order valence-electron chi connectivity index (χ1n) is 4.55. The summed E-state index contributed by atoms with van der Waals surface area (Å²) in [5.41, 5.74) is 1.15. The number of thiazole rings is 1. The van der Waals surface area contributed by atoms with Gasteiger partial charge in [0.15, 0.2) is 0 Å². The molecule has 0 fully saturated rings. The van der Waals surface area contributed by atoms with E-state index in [-0.39, 0.29) is 0 Å². The largest absolute Gasteiger partial charge is 0.415 e. The molecule has 1 aromatic carbocycles. The smallest absolute Gasteiger partial charge is 0.409 e. The van der Waals surface area contributed by atoms with E-state index in [4.69, 9.17) is 16.3 Å². The maximum absolute atomic E-state index is 10.5. The fourth-order valence-corrected chi connectivity index (χ4v) is 2.14. The monoisotopic (exact) mass is 253 g/mol. The van der Waals surface area contributed by atoms with E-state index in [1.807, 2.05) is 24.4 Å². The van der Waals surface area contributed by atoms with Gasteiger partial charge in [-0.15, -0.1) is 11.3 Å². The minimum absolute atomic E-state index is 0.428. The van der Waals surface area contributed by atoms with Gasteiger partial charge in [0.1, 0.15) is 10.8 Å². The Morgan fingerprint density at radius 2 is 2.06 bits per heavy atom. The fraction of sp³-hybridized carbons (Fsp3) is 0.0909. The van der Waals surface area contributed by atoms with Crippen LogP contribution in [0.25, 0.3) is 10.6 Å². The average Bonchev–Trinajstić information content (AvgIpc) is 2.65. The molecular weight excluding hydrogens is 246 g/mol. The SMILES string of the molecule is Cc1csc(-c2ccc(OC(=O)Cl)cc2)n1. The molecule has 2 rings (SSSR count). The van der Waals surface area contributed by atoms with Crippen molar-refractivity contribution in [1.29, 1.82) is 0 Å². The van der Waals surface area contributed by atoms with Gasteiger partial charge in [0, 0.05) is 28.2 Å².